The van der Waals surface area contributed by atoms with Crippen molar-refractivity contribution >= 4 is 0 Å². The maximum Gasteiger partial charge on any atom is 0.0195 e. The Bertz CT molecular complexity index is 492. The fraction of sp³-hybridized carbons (Fsp3) is 0.286. The van der Waals surface area contributed by atoms with E-state index < -0.39 is 0 Å². The van der Waals surface area contributed by atoms with Gasteiger partial charge in [-0.05, 0) is 56.0 Å². The molecule has 1 aromatic heterocycles. The SMILES string of the molecule is Cc1ccc(-c2cc[nH]c2C)c(C)c1C. The van der Waals surface area contributed by atoms with Gasteiger partial charge < -0.3 is 4.98 Å². The summed E-state index contributed by atoms with van der Waals surface area (Å²) >= 11 is 0. The number of aromatic nitrogens is 1. The van der Waals surface area contributed by atoms with Gasteiger partial charge in [0.25, 0.3) is 0 Å². The van der Waals surface area contributed by atoms with Gasteiger partial charge in [0, 0.05) is 17.5 Å². The number of nitrogens with one attached hydrogen (secondary N) is 1. The highest BCUT2D eigenvalue weighted by Gasteiger charge is 2.08. The lowest BCUT2D eigenvalue weighted by Gasteiger charge is -2.10. The molecule has 2 rings (SSSR count). The van der Waals surface area contributed by atoms with Crippen LogP contribution in [0.1, 0.15) is 22.4 Å². The van der Waals surface area contributed by atoms with E-state index in [0.717, 1.165) is 0 Å². The summed E-state index contributed by atoms with van der Waals surface area (Å²) in [5.74, 6) is 0. The third kappa shape index (κ3) is 1.58. The van der Waals surface area contributed by atoms with Crippen LogP contribution in [0, 0.1) is 27.7 Å². The van der Waals surface area contributed by atoms with Crippen LogP contribution in [0.4, 0.5) is 0 Å². The first kappa shape index (κ1) is 10.0. The Labute approximate surface area is 91.2 Å². The van der Waals surface area contributed by atoms with Gasteiger partial charge in [-0.1, -0.05) is 12.1 Å². The number of aryl methyl sites for hydroxylation is 2. The molecule has 0 spiro atoms. The summed E-state index contributed by atoms with van der Waals surface area (Å²) in [5.41, 5.74) is 8.05. The van der Waals surface area contributed by atoms with Crippen LogP contribution >= 0.6 is 0 Å². The highest BCUT2D eigenvalue weighted by Crippen LogP contribution is 2.29. The Kier molecular flexibility index (Phi) is 2.39. The van der Waals surface area contributed by atoms with Crippen LogP contribution in [0.15, 0.2) is 24.4 Å². The molecule has 0 saturated heterocycles. The van der Waals surface area contributed by atoms with E-state index in [1.165, 1.54) is 33.5 Å². The van der Waals surface area contributed by atoms with E-state index in [-0.39, 0.29) is 0 Å². The van der Waals surface area contributed by atoms with Gasteiger partial charge in [0.1, 0.15) is 0 Å². The fourth-order valence-corrected chi connectivity index (χ4v) is 1.99. The van der Waals surface area contributed by atoms with Crippen molar-refractivity contribution in [3.8, 4) is 11.1 Å². The van der Waals surface area contributed by atoms with Crippen LogP contribution in [-0.2, 0) is 0 Å². The average molecular weight is 199 g/mol. The summed E-state index contributed by atoms with van der Waals surface area (Å²) in [4.78, 5) is 3.23. The standard InChI is InChI=1S/C14H17N/c1-9-5-6-13(11(3)10(9)2)14-7-8-15-12(14)4/h5-8,15H,1-4H3. The van der Waals surface area contributed by atoms with E-state index in [2.05, 4.69) is 50.9 Å². The van der Waals surface area contributed by atoms with E-state index in [4.69, 9.17) is 0 Å². The maximum atomic E-state index is 3.23. The third-order valence-electron chi connectivity index (χ3n) is 3.30. The number of hydrogen-bond acceptors (Lipinski definition) is 0. The molecule has 0 aliphatic heterocycles. The summed E-state index contributed by atoms with van der Waals surface area (Å²) < 4.78 is 0. The predicted octanol–water partition coefficient (Wildman–Crippen LogP) is 3.92. The number of rotatable bonds is 1. The largest absolute Gasteiger partial charge is 0.365 e. The van der Waals surface area contributed by atoms with Crippen molar-refractivity contribution in [2.45, 2.75) is 27.7 Å². The van der Waals surface area contributed by atoms with Crippen LogP contribution in [0.25, 0.3) is 11.1 Å². The Morgan fingerprint density at radius 2 is 1.53 bits per heavy atom. The molecule has 0 bridgehead atoms. The number of benzene rings is 1. The molecule has 15 heavy (non-hydrogen) atoms. The van der Waals surface area contributed by atoms with E-state index >= 15 is 0 Å². The minimum atomic E-state index is 1.24. The van der Waals surface area contributed by atoms with Gasteiger partial charge in [0.2, 0.25) is 0 Å². The molecular formula is C14H17N. The molecule has 78 valence electrons. The molecule has 0 unspecified atom stereocenters. The topological polar surface area (TPSA) is 15.8 Å². The normalized spacial score (nSPS) is 10.7. The smallest absolute Gasteiger partial charge is 0.0195 e. The van der Waals surface area contributed by atoms with Gasteiger partial charge in [0.15, 0.2) is 0 Å². The lowest BCUT2D eigenvalue weighted by atomic mass is 9.94. The molecule has 1 N–H and O–H groups in total. The summed E-state index contributed by atoms with van der Waals surface area (Å²) in [5, 5.41) is 0. The summed E-state index contributed by atoms with van der Waals surface area (Å²) in [6.07, 6.45) is 2.00. The average Bonchev–Trinajstić information content (AvgIpc) is 2.62. The van der Waals surface area contributed by atoms with Crippen molar-refractivity contribution in [1.29, 1.82) is 0 Å². The van der Waals surface area contributed by atoms with Gasteiger partial charge in [-0.15, -0.1) is 0 Å². The third-order valence-corrected chi connectivity index (χ3v) is 3.30. The first-order valence-corrected chi connectivity index (χ1v) is 5.32. The lowest BCUT2D eigenvalue weighted by molar-refractivity contribution is 1.24. The first-order chi connectivity index (χ1) is 7.11. The highest BCUT2D eigenvalue weighted by molar-refractivity contribution is 5.71. The number of hydrogen-bond donors (Lipinski definition) is 1. The molecule has 2 aromatic rings. The molecule has 1 nitrogen and oxygen atoms in total. The molecule has 1 heterocycles. The molecule has 0 aliphatic carbocycles. The van der Waals surface area contributed by atoms with Crippen LogP contribution in [-0.4, -0.2) is 4.98 Å². The van der Waals surface area contributed by atoms with Gasteiger partial charge in [-0.25, -0.2) is 0 Å². The molecular weight excluding hydrogens is 182 g/mol. The fourth-order valence-electron chi connectivity index (χ4n) is 1.99. The zero-order chi connectivity index (χ0) is 11.0. The van der Waals surface area contributed by atoms with Crippen molar-refractivity contribution < 1.29 is 0 Å². The Balaban J connectivity index is 2.65. The zero-order valence-electron chi connectivity index (χ0n) is 9.81. The minimum Gasteiger partial charge on any atom is -0.365 e. The number of H-pyrrole nitrogens is 1. The molecule has 0 aliphatic rings. The van der Waals surface area contributed by atoms with E-state index in [9.17, 15) is 0 Å². The van der Waals surface area contributed by atoms with Crippen molar-refractivity contribution in [2.24, 2.45) is 0 Å². The molecule has 0 fully saturated rings. The second kappa shape index (κ2) is 3.58. The first-order valence-electron chi connectivity index (χ1n) is 5.32. The summed E-state index contributed by atoms with van der Waals surface area (Å²) in [6.45, 7) is 8.67. The molecule has 0 amide bonds. The molecule has 0 radical (unpaired) electrons. The quantitative estimate of drug-likeness (QED) is 0.716. The van der Waals surface area contributed by atoms with Crippen LogP contribution < -0.4 is 0 Å². The summed E-state index contributed by atoms with van der Waals surface area (Å²) in [7, 11) is 0. The Morgan fingerprint density at radius 3 is 2.13 bits per heavy atom. The molecule has 0 saturated carbocycles. The lowest BCUT2D eigenvalue weighted by Crippen LogP contribution is -1.91. The van der Waals surface area contributed by atoms with Crippen LogP contribution in [0.2, 0.25) is 0 Å². The minimum absolute atomic E-state index is 1.24. The van der Waals surface area contributed by atoms with Crippen molar-refractivity contribution in [3.05, 3.63) is 46.8 Å². The molecule has 1 aromatic carbocycles. The van der Waals surface area contributed by atoms with Gasteiger partial charge >= 0.3 is 0 Å². The number of aromatic amines is 1. The van der Waals surface area contributed by atoms with E-state index in [1.54, 1.807) is 0 Å². The monoisotopic (exact) mass is 199 g/mol. The molecule has 0 atom stereocenters. The molecule has 1 heteroatoms. The van der Waals surface area contributed by atoms with Gasteiger partial charge in [-0.3, -0.25) is 0 Å². The second-order valence-electron chi connectivity index (χ2n) is 4.20. The van der Waals surface area contributed by atoms with Crippen LogP contribution in [0.3, 0.4) is 0 Å². The maximum absolute atomic E-state index is 3.23. The summed E-state index contributed by atoms with van der Waals surface area (Å²) in [6, 6.07) is 6.56. The second-order valence-corrected chi connectivity index (χ2v) is 4.20. The Morgan fingerprint density at radius 1 is 0.800 bits per heavy atom. The van der Waals surface area contributed by atoms with Crippen molar-refractivity contribution in [3.63, 3.8) is 0 Å². The highest BCUT2D eigenvalue weighted by atomic mass is 14.7. The van der Waals surface area contributed by atoms with Gasteiger partial charge in [0.05, 0.1) is 0 Å². The van der Waals surface area contributed by atoms with Crippen molar-refractivity contribution in [2.75, 3.05) is 0 Å². The zero-order valence-corrected chi connectivity index (χ0v) is 9.81. The van der Waals surface area contributed by atoms with Gasteiger partial charge in [-0.2, -0.15) is 0 Å². The predicted molar refractivity (Wildman–Crippen MR) is 65.2 cm³/mol. The van der Waals surface area contributed by atoms with Crippen molar-refractivity contribution in [1.82, 2.24) is 4.98 Å². The Hall–Kier alpha value is -1.50. The van der Waals surface area contributed by atoms with E-state index in [1.807, 2.05) is 6.20 Å². The van der Waals surface area contributed by atoms with Crippen LogP contribution in [0.5, 0.6) is 0 Å². The van der Waals surface area contributed by atoms with E-state index in [0.29, 0.717) is 0 Å².